The molecule has 1 radical (unpaired) electrons. The van der Waals surface area contributed by atoms with Crippen LogP contribution in [0, 0.1) is 12.3 Å². The van der Waals surface area contributed by atoms with E-state index < -0.39 is 0 Å². The van der Waals surface area contributed by atoms with Gasteiger partial charge in [0.05, 0.1) is 0 Å². The molecule has 1 heteroatoms. The van der Waals surface area contributed by atoms with Gasteiger partial charge in [-0.3, -0.25) is 0 Å². The summed E-state index contributed by atoms with van der Waals surface area (Å²) in [6.07, 6.45) is 9.64. The predicted molar refractivity (Wildman–Crippen MR) is 42.7 cm³/mol. The maximum atomic E-state index is 3.56. The smallest absolute Gasteiger partial charge is 0.0101 e. The third kappa shape index (κ3) is 1.34. The highest BCUT2D eigenvalue weighted by Gasteiger charge is 2.23. The SMILES string of the molecule is [CH]1C2CCCNC1CCC2. The molecular formula is C9H16N. The molecule has 2 atom stereocenters. The maximum Gasteiger partial charge on any atom is 0.0101 e. The number of fused-ring (bicyclic) bond motifs is 2. The summed E-state index contributed by atoms with van der Waals surface area (Å²) in [7, 11) is 0. The molecule has 0 spiro atoms. The molecule has 1 saturated heterocycles. The quantitative estimate of drug-likeness (QED) is 0.537. The van der Waals surface area contributed by atoms with E-state index in [4.69, 9.17) is 0 Å². The topological polar surface area (TPSA) is 12.0 Å². The monoisotopic (exact) mass is 138 g/mol. The second-order valence-corrected chi connectivity index (χ2v) is 3.59. The van der Waals surface area contributed by atoms with Crippen molar-refractivity contribution in [3.63, 3.8) is 0 Å². The van der Waals surface area contributed by atoms with Crippen LogP contribution in [0.15, 0.2) is 0 Å². The maximum absolute atomic E-state index is 3.56. The lowest BCUT2D eigenvalue weighted by Crippen LogP contribution is -2.32. The molecule has 0 aromatic rings. The van der Waals surface area contributed by atoms with Crippen LogP contribution in [0.3, 0.4) is 0 Å². The van der Waals surface area contributed by atoms with Crippen molar-refractivity contribution in [2.24, 2.45) is 5.92 Å². The Morgan fingerprint density at radius 1 is 1.10 bits per heavy atom. The highest BCUT2D eigenvalue weighted by Crippen LogP contribution is 2.28. The van der Waals surface area contributed by atoms with Crippen LogP contribution in [-0.2, 0) is 0 Å². The van der Waals surface area contributed by atoms with Crippen LogP contribution in [0.2, 0.25) is 0 Å². The molecule has 1 aliphatic carbocycles. The molecule has 2 unspecified atom stereocenters. The molecular weight excluding hydrogens is 122 g/mol. The zero-order chi connectivity index (χ0) is 6.81. The average molecular weight is 138 g/mol. The van der Waals surface area contributed by atoms with E-state index in [0.29, 0.717) is 0 Å². The standard InChI is InChI=1S/C9H16N/c1-3-8-4-2-6-10-9(5-1)7-8/h7-10H,1-6H2. The second-order valence-electron chi connectivity index (χ2n) is 3.59. The average Bonchev–Trinajstić information content (AvgIpc) is 2.12. The number of nitrogens with one attached hydrogen (secondary N) is 1. The van der Waals surface area contributed by atoms with E-state index in [0.717, 1.165) is 12.0 Å². The van der Waals surface area contributed by atoms with E-state index in [-0.39, 0.29) is 0 Å². The lowest BCUT2D eigenvalue weighted by Gasteiger charge is -2.25. The molecule has 1 N–H and O–H groups in total. The molecule has 1 nitrogen and oxygen atoms in total. The van der Waals surface area contributed by atoms with Gasteiger partial charge in [-0.05, 0) is 38.1 Å². The lowest BCUT2D eigenvalue weighted by atomic mass is 9.85. The molecule has 2 aliphatic rings. The molecule has 0 aromatic carbocycles. The predicted octanol–water partition coefficient (Wildman–Crippen LogP) is 1.74. The van der Waals surface area contributed by atoms with Gasteiger partial charge in [0.1, 0.15) is 0 Å². The van der Waals surface area contributed by atoms with E-state index in [2.05, 4.69) is 11.7 Å². The Balaban J connectivity index is 1.96. The zero-order valence-electron chi connectivity index (χ0n) is 6.47. The summed E-state index contributed by atoms with van der Waals surface area (Å²) in [5.41, 5.74) is 0. The van der Waals surface area contributed by atoms with E-state index in [1.807, 2.05) is 0 Å². The summed E-state index contributed by atoms with van der Waals surface area (Å²) in [5.74, 6) is 0.953. The first-order valence-electron chi connectivity index (χ1n) is 4.53. The molecule has 10 heavy (non-hydrogen) atoms. The molecule has 1 aliphatic heterocycles. The molecule has 57 valence electrons. The van der Waals surface area contributed by atoms with Crippen molar-refractivity contribution in [1.29, 1.82) is 0 Å². The fourth-order valence-corrected chi connectivity index (χ4v) is 2.18. The molecule has 2 bridgehead atoms. The summed E-state index contributed by atoms with van der Waals surface area (Å²) in [5, 5.41) is 3.56. The van der Waals surface area contributed by atoms with Gasteiger partial charge in [0, 0.05) is 6.04 Å². The molecule has 0 amide bonds. The second kappa shape index (κ2) is 2.91. The fourth-order valence-electron chi connectivity index (χ4n) is 2.18. The van der Waals surface area contributed by atoms with Crippen LogP contribution in [0.25, 0.3) is 0 Å². The Kier molecular flexibility index (Phi) is 1.94. The highest BCUT2D eigenvalue weighted by atomic mass is 14.9. The molecule has 0 aromatic heterocycles. The first-order valence-corrected chi connectivity index (χ1v) is 4.53. The van der Waals surface area contributed by atoms with Gasteiger partial charge in [-0.15, -0.1) is 0 Å². The van der Waals surface area contributed by atoms with Crippen molar-refractivity contribution in [3.8, 4) is 0 Å². The van der Waals surface area contributed by atoms with Gasteiger partial charge in [0.2, 0.25) is 0 Å². The number of rotatable bonds is 0. The highest BCUT2D eigenvalue weighted by molar-refractivity contribution is 4.94. The fraction of sp³-hybridized carbons (Fsp3) is 0.889. The number of hydrogen-bond acceptors (Lipinski definition) is 1. The van der Waals surface area contributed by atoms with E-state index >= 15 is 0 Å². The summed E-state index contributed by atoms with van der Waals surface area (Å²) in [6.45, 7) is 1.25. The van der Waals surface area contributed by atoms with E-state index in [1.54, 1.807) is 0 Å². The van der Waals surface area contributed by atoms with Crippen molar-refractivity contribution in [2.75, 3.05) is 6.54 Å². The van der Waals surface area contributed by atoms with Gasteiger partial charge in [-0.1, -0.05) is 12.8 Å². The Bertz CT molecular complexity index is 99.3. The summed E-state index contributed by atoms with van der Waals surface area (Å²) >= 11 is 0. The van der Waals surface area contributed by atoms with Crippen molar-refractivity contribution < 1.29 is 0 Å². The van der Waals surface area contributed by atoms with Gasteiger partial charge in [0.15, 0.2) is 0 Å². The lowest BCUT2D eigenvalue weighted by molar-refractivity contribution is 0.395. The van der Waals surface area contributed by atoms with Crippen LogP contribution in [0.4, 0.5) is 0 Å². The van der Waals surface area contributed by atoms with Crippen molar-refractivity contribution >= 4 is 0 Å². The van der Waals surface area contributed by atoms with Gasteiger partial charge < -0.3 is 5.32 Å². The first kappa shape index (κ1) is 6.66. The van der Waals surface area contributed by atoms with Crippen molar-refractivity contribution in [1.82, 2.24) is 5.32 Å². The van der Waals surface area contributed by atoms with Crippen molar-refractivity contribution in [2.45, 2.75) is 38.1 Å². The normalized spacial score (nSPS) is 40.8. The van der Waals surface area contributed by atoms with E-state index in [1.165, 1.54) is 38.6 Å². The van der Waals surface area contributed by atoms with Gasteiger partial charge in [0.25, 0.3) is 0 Å². The summed E-state index contributed by atoms with van der Waals surface area (Å²) in [4.78, 5) is 0. The van der Waals surface area contributed by atoms with Crippen molar-refractivity contribution in [3.05, 3.63) is 6.42 Å². The first-order chi connectivity index (χ1) is 4.95. The minimum Gasteiger partial charge on any atom is -0.314 e. The molecule has 1 saturated carbocycles. The molecule has 2 rings (SSSR count). The minimum absolute atomic E-state index is 0.765. The van der Waals surface area contributed by atoms with Gasteiger partial charge >= 0.3 is 0 Å². The van der Waals surface area contributed by atoms with Crippen LogP contribution >= 0.6 is 0 Å². The molecule has 1 heterocycles. The Labute approximate surface area is 63.2 Å². The number of hydrogen-bond donors (Lipinski definition) is 1. The van der Waals surface area contributed by atoms with Gasteiger partial charge in [-0.25, -0.2) is 0 Å². The Hall–Kier alpha value is -0.0400. The van der Waals surface area contributed by atoms with Crippen LogP contribution in [0.5, 0.6) is 0 Å². The van der Waals surface area contributed by atoms with Gasteiger partial charge in [-0.2, -0.15) is 0 Å². The Morgan fingerprint density at radius 2 is 2.00 bits per heavy atom. The third-order valence-electron chi connectivity index (χ3n) is 2.75. The summed E-state index contributed by atoms with van der Waals surface area (Å²) < 4.78 is 0. The summed E-state index contributed by atoms with van der Waals surface area (Å²) in [6, 6.07) is 0.765. The van der Waals surface area contributed by atoms with Crippen LogP contribution in [-0.4, -0.2) is 12.6 Å². The van der Waals surface area contributed by atoms with Crippen LogP contribution in [0.1, 0.15) is 32.1 Å². The third-order valence-corrected chi connectivity index (χ3v) is 2.75. The van der Waals surface area contributed by atoms with Crippen LogP contribution < -0.4 is 5.32 Å². The largest absolute Gasteiger partial charge is 0.314 e. The minimum atomic E-state index is 0.765. The zero-order valence-corrected chi connectivity index (χ0v) is 6.47. The Morgan fingerprint density at radius 3 is 3.00 bits per heavy atom. The van der Waals surface area contributed by atoms with E-state index in [9.17, 15) is 0 Å². The molecule has 2 fully saturated rings.